The topological polar surface area (TPSA) is 77.2 Å². The normalized spacial score (nSPS) is 13.0. The van der Waals surface area contributed by atoms with Crippen LogP contribution in [0, 0.1) is 0 Å². The minimum absolute atomic E-state index is 0.348. The van der Waals surface area contributed by atoms with Crippen LogP contribution in [0.4, 0.5) is 4.79 Å². The fourth-order valence-electron chi connectivity index (χ4n) is 1.87. The largest absolute Gasteiger partial charge is 0.444 e. The summed E-state index contributed by atoms with van der Waals surface area (Å²) < 4.78 is 10.8. The van der Waals surface area contributed by atoms with Crippen molar-refractivity contribution in [1.29, 1.82) is 0 Å². The summed E-state index contributed by atoms with van der Waals surface area (Å²) in [4.78, 5) is 11.8. The van der Waals surface area contributed by atoms with Gasteiger partial charge in [0.2, 0.25) is 5.89 Å². The van der Waals surface area contributed by atoms with Crippen LogP contribution >= 0.6 is 11.8 Å². The van der Waals surface area contributed by atoms with E-state index >= 15 is 0 Å². The Morgan fingerprint density at radius 2 is 2.04 bits per heavy atom. The Labute approximate surface area is 152 Å². The molecule has 2 aromatic rings. The highest BCUT2D eigenvalue weighted by Crippen LogP contribution is 2.20. The minimum Gasteiger partial charge on any atom is -0.444 e. The molecule has 1 aromatic heterocycles. The number of nitrogens with zero attached hydrogens (tertiary/aromatic N) is 2. The van der Waals surface area contributed by atoms with Crippen molar-refractivity contribution >= 4 is 23.9 Å². The first-order valence-corrected chi connectivity index (χ1v) is 8.99. The maximum atomic E-state index is 11.8. The molecule has 1 amide bonds. The number of alkyl carbamates (subject to hydrolysis) is 1. The Kier molecular flexibility index (Phi) is 6.64. The van der Waals surface area contributed by atoms with Crippen LogP contribution in [-0.2, 0) is 4.74 Å². The zero-order chi connectivity index (χ0) is 18.3. The predicted octanol–water partition coefficient (Wildman–Crippen LogP) is 4.46. The van der Waals surface area contributed by atoms with E-state index in [2.05, 4.69) is 15.5 Å². The molecule has 25 heavy (non-hydrogen) atoms. The van der Waals surface area contributed by atoms with Gasteiger partial charge in [-0.2, -0.15) is 0 Å². The SMILES string of the molecule is CC(NC(=O)OC(C)(C)C)c1nnc(SC/C=C/c2ccccc2)o1. The second-order valence-electron chi connectivity index (χ2n) is 6.40. The number of ether oxygens (including phenoxy) is 1. The van der Waals surface area contributed by atoms with Crippen LogP contribution in [0.3, 0.4) is 0 Å². The van der Waals surface area contributed by atoms with Crippen LogP contribution in [-0.4, -0.2) is 27.6 Å². The van der Waals surface area contributed by atoms with E-state index in [0.29, 0.717) is 16.9 Å². The van der Waals surface area contributed by atoms with Gasteiger partial charge in [0.15, 0.2) is 0 Å². The molecule has 0 radical (unpaired) electrons. The van der Waals surface area contributed by atoms with Gasteiger partial charge >= 0.3 is 6.09 Å². The van der Waals surface area contributed by atoms with Gasteiger partial charge in [0.1, 0.15) is 11.6 Å². The number of rotatable bonds is 6. The molecule has 0 aliphatic rings. The number of thioether (sulfide) groups is 1. The lowest BCUT2D eigenvalue weighted by Gasteiger charge is -2.20. The number of nitrogens with one attached hydrogen (secondary N) is 1. The molecule has 134 valence electrons. The monoisotopic (exact) mass is 361 g/mol. The quantitative estimate of drug-likeness (QED) is 0.765. The summed E-state index contributed by atoms with van der Waals surface area (Å²) >= 11 is 1.44. The molecule has 0 aliphatic carbocycles. The van der Waals surface area contributed by atoms with E-state index in [1.807, 2.05) is 63.3 Å². The van der Waals surface area contributed by atoms with Gasteiger partial charge < -0.3 is 14.5 Å². The molecule has 0 spiro atoms. The molecule has 7 heteroatoms. The minimum atomic E-state index is -0.551. The molecular formula is C18H23N3O3S. The van der Waals surface area contributed by atoms with Gasteiger partial charge in [-0.15, -0.1) is 10.2 Å². The number of hydrogen-bond acceptors (Lipinski definition) is 6. The molecule has 1 heterocycles. The first-order chi connectivity index (χ1) is 11.8. The van der Waals surface area contributed by atoms with Gasteiger partial charge in [0.25, 0.3) is 5.22 Å². The van der Waals surface area contributed by atoms with E-state index in [0.717, 1.165) is 5.56 Å². The van der Waals surface area contributed by atoms with Gasteiger partial charge in [0, 0.05) is 5.75 Å². The number of hydrogen-bond donors (Lipinski definition) is 1. The highest BCUT2D eigenvalue weighted by molar-refractivity contribution is 7.99. The number of carbonyl (C=O) groups excluding carboxylic acids is 1. The van der Waals surface area contributed by atoms with E-state index in [9.17, 15) is 4.79 Å². The Bertz CT molecular complexity index is 708. The average Bonchev–Trinajstić information content (AvgIpc) is 3.00. The molecule has 0 saturated heterocycles. The van der Waals surface area contributed by atoms with Gasteiger partial charge in [-0.25, -0.2) is 4.79 Å². The van der Waals surface area contributed by atoms with Crippen LogP contribution < -0.4 is 5.32 Å². The maximum Gasteiger partial charge on any atom is 0.408 e. The van der Waals surface area contributed by atoms with Crippen molar-refractivity contribution in [1.82, 2.24) is 15.5 Å². The third kappa shape index (κ3) is 7.01. The van der Waals surface area contributed by atoms with Gasteiger partial charge in [0.05, 0.1) is 0 Å². The average molecular weight is 361 g/mol. The summed E-state index contributed by atoms with van der Waals surface area (Å²) in [5.41, 5.74) is 0.592. The van der Waals surface area contributed by atoms with Crippen molar-refractivity contribution in [2.24, 2.45) is 0 Å². The van der Waals surface area contributed by atoms with Gasteiger partial charge in [-0.3, -0.25) is 0 Å². The second kappa shape index (κ2) is 8.71. The summed E-state index contributed by atoms with van der Waals surface area (Å²) in [5, 5.41) is 11.1. The number of amides is 1. The Morgan fingerprint density at radius 3 is 2.72 bits per heavy atom. The van der Waals surface area contributed by atoms with Crippen molar-refractivity contribution in [3.05, 3.63) is 47.9 Å². The molecule has 1 aromatic carbocycles. The van der Waals surface area contributed by atoms with E-state index in [-0.39, 0.29) is 0 Å². The first kappa shape index (κ1) is 19.1. The van der Waals surface area contributed by atoms with Crippen LogP contribution in [0.25, 0.3) is 6.08 Å². The Balaban J connectivity index is 1.81. The van der Waals surface area contributed by atoms with Gasteiger partial charge in [-0.1, -0.05) is 54.2 Å². The molecule has 0 saturated carbocycles. The molecule has 6 nitrogen and oxygen atoms in total. The van der Waals surface area contributed by atoms with Crippen LogP contribution in [0.15, 0.2) is 46.0 Å². The van der Waals surface area contributed by atoms with Gasteiger partial charge in [-0.05, 0) is 33.3 Å². The standard InChI is InChI=1S/C18H23N3O3S/c1-13(19-16(22)24-18(2,3)4)15-20-21-17(23-15)25-12-8-11-14-9-6-5-7-10-14/h5-11,13H,12H2,1-4H3,(H,19,22)/b11-8+. The van der Waals surface area contributed by atoms with Crippen LogP contribution in [0.1, 0.15) is 45.2 Å². The molecule has 0 bridgehead atoms. The van der Waals surface area contributed by atoms with Crippen molar-refractivity contribution in [3.8, 4) is 0 Å². The zero-order valence-corrected chi connectivity index (χ0v) is 15.7. The lowest BCUT2D eigenvalue weighted by atomic mass is 10.2. The summed E-state index contributed by atoms with van der Waals surface area (Å²) in [6, 6.07) is 9.63. The van der Waals surface area contributed by atoms with Crippen molar-refractivity contribution < 1.29 is 13.9 Å². The van der Waals surface area contributed by atoms with Crippen LogP contribution in [0.2, 0.25) is 0 Å². The lowest BCUT2D eigenvalue weighted by Crippen LogP contribution is -2.34. The van der Waals surface area contributed by atoms with Crippen LogP contribution in [0.5, 0.6) is 0 Å². The van der Waals surface area contributed by atoms with E-state index in [1.54, 1.807) is 6.92 Å². The van der Waals surface area contributed by atoms with E-state index < -0.39 is 17.7 Å². The Hall–Kier alpha value is -2.28. The first-order valence-electron chi connectivity index (χ1n) is 8.01. The van der Waals surface area contributed by atoms with E-state index in [1.165, 1.54) is 11.8 Å². The predicted molar refractivity (Wildman–Crippen MR) is 98.3 cm³/mol. The zero-order valence-electron chi connectivity index (χ0n) is 14.9. The molecule has 1 N–H and O–H groups in total. The molecule has 2 rings (SSSR count). The number of benzene rings is 1. The molecule has 0 fully saturated rings. The summed E-state index contributed by atoms with van der Waals surface area (Å²) in [6.07, 6.45) is 3.56. The fraction of sp³-hybridized carbons (Fsp3) is 0.389. The summed E-state index contributed by atoms with van der Waals surface area (Å²) in [6.45, 7) is 7.19. The summed E-state index contributed by atoms with van der Waals surface area (Å²) in [7, 11) is 0. The highest BCUT2D eigenvalue weighted by Gasteiger charge is 2.21. The molecule has 1 unspecified atom stereocenters. The lowest BCUT2D eigenvalue weighted by molar-refractivity contribution is 0.0500. The van der Waals surface area contributed by atoms with Crippen molar-refractivity contribution in [3.63, 3.8) is 0 Å². The third-order valence-electron chi connectivity index (χ3n) is 2.94. The molecule has 0 aliphatic heterocycles. The summed E-state index contributed by atoms with van der Waals surface area (Å²) in [5.74, 6) is 1.06. The number of aromatic nitrogens is 2. The van der Waals surface area contributed by atoms with Crippen molar-refractivity contribution in [2.45, 2.75) is 44.6 Å². The van der Waals surface area contributed by atoms with Crippen molar-refractivity contribution in [2.75, 3.05) is 5.75 Å². The fourth-order valence-corrected chi connectivity index (χ4v) is 2.45. The maximum absolute atomic E-state index is 11.8. The third-order valence-corrected chi connectivity index (χ3v) is 3.71. The second-order valence-corrected chi connectivity index (χ2v) is 7.37. The molecule has 1 atom stereocenters. The Morgan fingerprint density at radius 1 is 1.32 bits per heavy atom. The molecular weight excluding hydrogens is 338 g/mol. The van der Waals surface area contributed by atoms with E-state index in [4.69, 9.17) is 9.15 Å². The smallest absolute Gasteiger partial charge is 0.408 e. The number of carbonyl (C=O) groups is 1. The highest BCUT2D eigenvalue weighted by atomic mass is 32.2.